The van der Waals surface area contributed by atoms with Crippen molar-refractivity contribution >= 4 is 16.7 Å². The molecule has 0 bridgehead atoms. The lowest BCUT2D eigenvalue weighted by molar-refractivity contribution is 0.0943. The van der Waals surface area contributed by atoms with E-state index in [0.29, 0.717) is 11.1 Å². The predicted octanol–water partition coefficient (Wildman–Crippen LogP) is 5.37. The number of aryl methyl sites for hydroxylation is 1. The summed E-state index contributed by atoms with van der Waals surface area (Å²) >= 11 is 0. The van der Waals surface area contributed by atoms with Crippen LogP contribution in [0.4, 0.5) is 0 Å². The summed E-state index contributed by atoms with van der Waals surface area (Å²) in [6.07, 6.45) is 0. The van der Waals surface area contributed by atoms with Gasteiger partial charge in [0.2, 0.25) is 0 Å². The third-order valence-electron chi connectivity index (χ3n) is 4.96. The summed E-state index contributed by atoms with van der Waals surface area (Å²) in [7, 11) is 0. The van der Waals surface area contributed by atoms with Gasteiger partial charge in [0.05, 0.1) is 6.04 Å². The van der Waals surface area contributed by atoms with Gasteiger partial charge in [0.1, 0.15) is 5.75 Å². The Balaban J connectivity index is 1.85. The van der Waals surface area contributed by atoms with Crippen molar-refractivity contribution in [2.24, 2.45) is 0 Å². The third kappa shape index (κ3) is 3.47. The van der Waals surface area contributed by atoms with Gasteiger partial charge in [0, 0.05) is 11.1 Å². The first kappa shape index (κ1) is 17.8. The Kier molecular flexibility index (Phi) is 4.81. The zero-order valence-corrected chi connectivity index (χ0v) is 15.6. The molecule has 3 nitrogen and oxygen atoms in total. The van der Waals surface area contributed by atoms with Gasteiger partial charge in [-0.05, 0) is 41.5 Å². The fourth-order valence-corrected chi connectivity index (χ4v) is 3.47. The maximum Gasteiger partial charge on any atom is 0.252 e. The molecule has 1 amide bonds. The van der Waals surface area contributed by atoms with E-state index < -0.39 is 6.04 Å². The number of carbonyl (C=O) groups excluding carboxylic acids is 1. The van der Waals surface area contributed by atoms with E-state index in [-0.39, 0.29) is 11.7 Å². The smallest absolute Gasteiger partial charge is 0.252 e. The number of hydrogen-bond donors (Lipinski definition) is 2. The molecule has 0 aromatic heterocycles. The number of hydrogen-bond acceptors (Lipinski definition) is 2. The maximum atomic E-state index is 12.9. The Hall–Kier alpha value is -3.59. The van der Waals surface area contributed by atoms with Crippen LogP contribution < -0.4 is 5.32 Å². The highest BCUT2D eigenvalue weighted by molar-refractivity contribution is 5.96. The molecule has 0 aliphatic carbocycles. The molecular weight excluding hydrogens is 346 g/mol. The Morgan fingerprint density at radius 2 is 1.50 bits per heavy atom. The van der Waals surface area contributed by atoms with Crippen LogP contribution in [0.25, 0.3) is 10.8 Å². The van der Waals surface area contributed by atoms with Gasteiger partial charge < -0.3 is 10.4 Å². The fraction of sp³-hybridized carbons (Fsp3) is 0.0800. The second-order valence-corrected chi connectivity index (χ2v) is 6.90. The predicted molar refractivity (Wildman–Crippen MR) is 113 cm³/mol. The molecular formula is C25H21NO2. The highest BCUT2D eigenvalue weighted by Gasteiger charge is 2.23. The highest BCUT2D eigenvalue weighted by Crippen LogP contribution is 2.36. The zero-order chi connectivity index (χ0) is 19.5. The van der Waals surface area contributed by atoms with E-state index in [1.54, 1.807) is 18.2 Å². The highest BCUT2D eigenvalue weighted by atomic mass is 16.3. The molecule has 0 unspecified atom stereocenters. The second-order valence-electron chi connectivity index (χ2n) is 6.90. The van der Waals surface area contributed by atoms with E-state index in [2.05, 4.69) is 5.32 Å². The molecule has 0 aliphatic heterocycles. The van der Waals surface area contributed by atoms with Crippen molar-refractivity contribution in [1.82, 2.24) is 5.32 Å². The lowest BCUT2D eigenvalue weighted by Crippen LogP contribution is -2.29. The van der Waals surface area contributed by atoms with Crippen LogP contribution in [0.5, 0.6) is 5.75 Å². The number of carbonyl (C=O) groups is 1. The van der Waals surface area contributed by atoms with Crippen LogP contribution in [0, 0.1) is 6.92 Å². The van der Waals surface area contributed by atoms with Crippen molar-refractivity contribution in [3.63, 3.8) is 0 Å². The molecule has 138 valence electrons. The van der Waals surface area contributed by atoms with Crippen LogP contribution in [-0.2, 0) is 0 Å². The number of phenolic OH excluding ortho intramolecular Hbond substituents is 1. The number of fused-ring (bicyclic) bond motifs is 1. The topological polar surface area (TPSA) is 49.3 Å². The van der Waals surface area contributed by atoms with Crippen molar-refractivity contribution in [2.75, 3.05) is 0 Å². The van der Waals surface area contributed by atoms with E-state index in [0.717, 1.165) is 21.9 Å². The Morgan fingerprint density at radius 3 is 2.25 bits per heavy atom. The number of nitrogens with one attached hydrogen (secondary N) is 1. The largest absolute Gasteiger partial charge is 0.508 e. The Labute approximate surface area is 164 Å². The van der Waals surface area contributed by atoms with E-state index >= 15 is 0 Å². The minimum Gasteiger partial charge on any atom is -0.508 e. The molecule has 0 fully saturated rings. The fourth-order valence-electron chi connectivity index (χ4n) is 3.47. The van der Waals surface area contributed by atoms with E-state index in [1.807, 2.05) is 79.7 Å². The first-order valence-electron chi connectivity index (χ1n) is 9.26. The van der Waals surface area contributed by atoms with Gasteiger partial charge in [-0.3, -0.25) is 4.79 Å². The average molecular weight is 367 g/mol. The first-order chi connectivity index (χ1) is 13.6. The molecule has 0 aliphatic rings. The quantitative estimate of drug-likeness (QED) is 0.509. The molecule has 4 rings (SSSR count). The molecule has 0 radical (unpaired) electrons. The van der Waals surface area contributed by atoms with Crippen molar-refractivity contribution in [2.45, 2.75) is 13.0 Å². The lowest BCUT2D eigenvalue weighted by atomic mass is 9.92. The zero-order valence-electron chi connectivity index (χ0n) is 15.6. The van der Waals surface area contributed by atoms with E-state index in [4.69, 9.17) is 0 Å². The summed E-state index contributed by atoms with van der Waals surface area (Å²) in [6, 6.07) is 28.1. The van der Waals surface area contributed by atoms with Crippen molar-refractivity contribution in [1.29, 1.82) is 0 Å². The van der Waals surface area contributed by atoms with E-state index in [1.165, 1.54) is 0 Å². The molecule has 0 spiro atoms. The summed E-state index contributed by atoms with van der Waals surface area (Å²) in [5, 5.41) is 15.8. The van der Waals surface area contributed by atoms with Gasteiger partial charge >= 0.3 is 0 Å². The van der Waals surface area contributed by atoms with Crippen LogP contribution in [-0.4, -0.2) is 11.0 Å². The lowest BCUT2D eigenvalue weighted by Gasteiger charge is -2.23. The summed E-state index contributed by atoms with van der Waals surface area (Å²) in [6.45, 7) is 2.02. The van der Waals surface area contributed by atoms with E-state index in [9.17, 15) is 9.90 Å². The van der Waals surface area contributed by atoms with Gasteiger partial charge in [-0.1, -0.05) is 78.4 Å². The molecule has 4 aromatic rings. The summed E-state index contributed by atoms with van der Waals surface area (Å²) < 4.78 is 0. The summed E-state index contributed by atoms with van der Waals surface area (Å²) in [5.74, 6) is -0.0175. The molecule has 0 heterocycles. The van der Waals surface area contributed by atoms with Crippen molar-refractivity contribution in [3.05, 3.63) is 113 Å². The molecule has 28 heavy (non-hydrogen) atoms. The van der Waals surface area contributed by atoms with Crippen molar-refractivity contribution in [3.8, 4) is 5.75 Å². The number of phenols is 1. The van der Waals surface area contributed by atoms with Gasteiger partial charge in [0.15, 0.2) is 0 Å². The standard InChI is InChI=1S/C25H21NO2/c1-17-11-13-19(14-12-17)24(26-25(28)20-8-3-2-4-9-20)23-21-10-6-5-7-18(21)15-16-22(23)27/h2-16,24,27H,1H3,(H,26,28)/t24-/m0/s1. The van der Waals surface area contributed by atoms with Crippen LogP contribution in [0.1, 0.15) is 33.1 Å². The van der Waals surface area contributed by atoms with Crippen LogP contribution in [0.2, 0.25) is 0 Å². The number of rotatable bonds is 4. The normalized spacial score (nSPS) is 11.9. The molecule has 0 saturated heterocycles. The summed E-state index contributed by atoms with van der Waals surface area (Å²) in [5.41, 5.74) is 3.34. The van der Waals surface area contributed by atoms with Gasteiger partial charge in [-0.15, -0.1) is 0 Å². The minimum atomic E-state index is -0.473. The summed E-state index contributed by atoms with van der Waals surface area (Å²) in [4.78, 5) is 12.9. The Morgan fingerprint density at radius 1 is 0.821 bits per heavy atom. The van der Waals surface area contributed by atoms with Crippen LogP contribution in [0.3, 0.4) is 0 Å². The number of benzene rings is 4. The third-order valence-corrected chi connectivity index (χ3v) is 4.96. The Bertz CT molecular complexity index is 1120. The average Bonchev–Trinajstić information content (AvgIpc) is 2.73. The molecule has 4 aromatic carbocycles. The maximum absolute atomic E-state index is 12.9. The second kappa shape index (κ2) is 7.57. The van der Waals surface area contributed by atoms with Crippen LogP contribution in [0.15, 0.2) is 91.0 Å². The monoisotopic (exact) mass is 367 g/mol. The molecule has 3 heteroatoms. The number of aromatic hydroxyl groups is 1. The van der Waals surface area contributed by atoms with Gasteiger partial charge in [-0.25, -0.2) is 0 Å². The van der Waals surface area contributed by atoms with Crippen molar-refractivity contribution < 1.29 is 9.90 Å². The molecule has 2 N–H and O–H groups in total. The SMILES string of the molecule is Cc1ccc([C@H](NC(=O)c2ccccc2)c2c(O)ccc3ccccc23)cc1. The minimum absolute atomic E-state index is 0.164. The van der Waals surface area contributed by atoms with Gasteiger partial charge in [-0.2, -0.15) is 0 Å². The van der Waals surface area contributed by atoms with Gasteiger partial charge in [0.25, 0.3) is 5.91 Å². The number of amides is 1. The van der Waals surface area contributed by atoms with Crippen LogP contribution >= 0.6 is 0 Å². The first-order valence-corrected chi connectivity index (χ1v) is 9.26. The molecule has 0 saturated carbocycles. The molecule has 1 atom stereocenters.